The summed E-state index contributed by atoms with van der Waals surface area (Å²) in [4.78, 5) is 20.7. The van der Waals surface area contributed by atoms with E-state index in [9.17, 15) is 4.79 Å². The lowest BCUT2D eigenvalue weighted by atomic mass is 10.2. The van der Waals surface area contributed by atoms with Gasteiger partial charge in [0, 0.05) is 55.8 Å². The molecule has 0 unspecified atom stereocenters. The molecular weight excluding hydrogens is 388 g/mol. The van der Waals surface area contributed by atoms with E-state index in [-0.39, 0.29) is 12.5 Å². The summed E-state index contributed by atoms with van der Waals surface area (Å²) in [5.74, 6) is 0.707. The number of carbonyl (C=O) groups is 1. The third-order valence-corrected chi connectivity index (χ3v) is 5.30. The number of rotatable bonds is 6. The van der Waals surface area contributed by atoms with E-state index in [1.807, 2.05) is 64.2 Å². The van der Waals surface area contributed by atoms with Crippen LogP contribution in [0.3, 0.4) is 0 Å². The highest BCUT2D eigenvalue weighted by Crippen LogP contribution is 2.16. The van der Waals surface area contributed by atoms with Crippen LogP contribution in [0.5, 0.6) is 5.75 Å². The summed E-state index contributed by atoms with van der Waals surface area (Å²) in [6.07, 6.45) is 5.36. The average molecular weight is 411 g/mol. The largest absolute Gasteiger partial charge is 0.484 e. The minimum atomic E-state index is 0.0230. The summed E-state index contributed by atoms with van der Waals surface area (Å²) in [5, 5.41) is 0.750. The third-order valence-electron chi connectivity index (χ3n) is 5.05. The molecule has 29 heavy (non-hydrogen) atoms. The molecule has 0 bridgehead atoms. The maximum absolute atomic E-state index is 12.5. The van der Waals surface area contributed by atoms with Crippen LogP contribution in [0.15, 0.2) is 67.3 Å². The van der Waals surface area contributed by atoms with E-state index in [2.05, 4.69) is 9.88 Å². The number of amides is 1. The second-order valence-corrected chi connectivity index (χ2v) is 7.47. The average Bonchev–Trinajstić information content (AvgIpc) is 3.29. The number of piperazine rings is 1. The Morgan fingerprint density at radius 1 is 1.00 bits per heavy atom. The standard InChI is InChI=1S/C22H23ClN4O2/c23-19-3-1-18(2-4-19)15-25-11-13-26(14-12-25)22(28)16-29-21-7-5-20(6-8-21)27-10-9-24-17-27/h1-10,17H,11-16H2. The summed E-state index contributed by atoms with van der Waals surface area (Å²) in [6.45, 7) is 4.08. The van der Waals surface area contributed by atoms with Crippen LogP contribution in [0.1, 0.15) is 5.56 Å². The molecule has 3 aromatic rings. The van der Waals surface area contributed by atoms with Crippen LogP contribution in [-0.2, 0) is 11.3 Å². The van der Waals surface area contributed by atoms with Crippen LogP contribution < -0.4 is 4.74 Å². The number of benzene rings is 2. The molecule has 2 heterocycles. The van der Waals surface area contributed by atoms with E-state index in [1.54, 1.807) is 12.5 Å². The zero-order valence-corrected chi connectivity index (χ0v) is 16.8. The van der Waals surface area contributed by atoms with Gasteiger partial charge in [-0.1, -0.05) is 23.7 Å². The Hall–Kier alpha value is -2.83. The Labute approximate surface area is 175 Å². The normalized spacial score (nSPS) is 14.7. The van der Waals surface area contributed by atoms with Crippen LogP contribution in [0.4, 0.5) is 0 Å². The molecule has 1 saturated heterocycles. The summed E-state index contributed by atoms with van der Waals surface area (Å²) >= 11 is 5.94. The van der Waals surface area contributed by atoms with Gasteiger partial charge in [-0.2, -0.15) is 0 Å². The Kier molecular flexibility index (Phi) is 6.12. The topological polar surface area (TPSA) is 50.6 Å². The van der Waals surface area contributed by atoms with E-state index >= 15 is 0 Å². The highest BCUT2D eigenvalue weighted by atomic mass is 35.5. The molecule has 7 heteroatoms. The molecule has 1 aromatic heterocycles. The number of aromatic nitrogens is 2. The number of imidazole rings is 1. The summed E-state index contributed by atoms with van der Waals surface area (Å²) in [7, 11) is 0. The molecule has 1 aliphatic heterocycles. The molecule has 0 N–H and O–H groups in total. The lowest BCUT2D eigenvalue weighted by Gasteiger charge is -2.34. The zero-order valence-electron chi connectivity index (χ0n) is 16.1. The van der Waals surface area contributed by atoms with Crippen molar-refractivity contribution in [3.63, 3.8) is 0 Å². The van der Waals surface area contributed by atoms with Gasteiger partial charge in [0.05, 0.1) is 6.33 Å². The zero-order chi connectivity index (χ0) is 20.1. The molecule has 0 saturated carbocycles. The van der Waals surface area contributed by atoms with Crippen LogP contribution in [-0.4, -0.2) is 58.0 Å². The predicted octanol–water partition coefficient (Wildman–Crippen LogP) is 3.25. The Morgan fingerprint density at radius 3 is 2.38 bits per heavy atom. The van der Waals surface area contributed by atoms with Crippen molar-refractivity contribution in [2.24, 2.45) is 0 Å². The van der Waals surface area contributed by atoms with E-state index in [0.29, 0.717) is 5.75 Å². The van der Waals surface area contributed by atoms with Crippen LogP contribution >= 0.6 is 11.6 Å². The van der Waals surface area contributed by atoms with Gasteiger partial charge in [-0.05, 0) is 42.0 Å². The summed E-state index contributed by atoms with van der Waals surface area (Å²) in [5.41, 5.74) is 2.23. The predicted molar refractivity (Wildman–Crippen MR) is 112 cm³/mol. The van der Waals surface area contributed by atoms with Gasteiger partial charge in [0.15, 0.2) is 6.61 Å². The van der Waals surface area contributed by atoms with Crippen molar-refractivity contribution in [3.8, 4) is 11.4 Å². The molecule has 1 amide bonds. The molecule has 0 aliphatic carbocycles. The van der Waals surface area contributed by atoms with Crippen molar-refractivity contribution >= 4 is 17.5 Å². The molecule has 1 aliphatic rings. The first-order chi connectivity index (χ1) is 14.2. The van der Waals surface area contributed by atoms with E-state index in [1.165, 1.54) is 5.56 Å². The van der Waals surface area contributed by atoms with Gasteiger partial charge in [-0.3, -0.25) is 9.69 Å². The fourth-order valence-electron chi connectivity index (χ4n) is 3.37. The first-order valence-electron chi connectivity index (χ1n) is 9.63. The van der Waals surface area contributed by atoms with E-state index in [4.69, 9.17) is 16.3 Å². The lowest BCUT2D eigenvalue weighted by Crippen LogP contribution is -2.49. The van der Waals surface area contributed by atoms with E-state index in [0.717, 1.165) is 43.4 Å². The maximum Gasteiger partial charge on any atom is 0.260 e. The van der Waals surface area contributed by atoms with E-state index < -0.39 is 0 Å². The van der Waals surface area contributed by atoms with Crippen LogP contribution in [0.25, 0.3) is 5.69 Å². The first-order valence-corrected chi connectivity index (χ1v) is 10.0. The van der Waals surface area contributed by atoms with Crippen molar-refractivity contribution in [1.82, 2.24) is 19.4 Å². The molecule has 150 valence electrons. The van der Waals surface area contributed by atoms with Gasteiger partial charge >= 0.3 is 0 Å². The number of nitrogens with zero attached hydrogens (tertiary/aromatic N) is 4. The highest BCUT2D eigenvalue weighted by molar-refractivity contribution is 6.30. The number of halogens is 1. The number of ether oxygens (including phenoxy) is 1. The second kappa shape index (κ2) is 9.11. The number of hydrogen-bond donors (Lipinski definition) is 0. The minimum Gasteiger partial charge on any atom is -0.484 e. The Morgan fingerprint density at radius 2 is 1.72 bits per heavy atom. The molecule has 1 fully saturated rings. The van der Waals surface area contributed by atoms with Gasteiger partial charge in [0.1, 0.15) is 5.75 Å². The quantitative estimate of drug-likeness (QED) is 0.626. The maximum atomic E-state index is 12.5. The lowest BCUT2D eigenvalue weighted by molar-refractivity contribution is -0.135. The SMILES string of the molecule is O=C(COc1ccc(-n2ccnc2)cc1)N1CCN(Cc2ccc(Cl)cc2)CC1. The summed E-state index contributed by atoms with van der Waals surface area (Å²) in [6, 6.07) is 15.5. The highest BCUT2D eigenvalue weighted by Gasteiger charge is 2.21. The molecule has 0 atom stereocenters. The third kappa shape index (κ3) is 5.16. The molecule has 4 rings (SSSR count). The molecule has 0 radical (unpaired) electrons. The van der Waals surface area contributed by atoms with Crippen molar-refractivity contribution in [1.29, 1.82) is 0 Å². The smallest absolute Gasteiger partial charge is 0.260 e. The van der Waals surface area contributed by atoms with Crippen LogP contribution in [0.2, 0.25) is 5.02 Å². The van der Waals surface area contributed by atoms with Gasteiger partial charge in [0.2, 0.25) is 0 Å². The first kappa shape index (κ1) is 19.5. The molecule has 6 nitrogen and oxygen atoms in total. The second-order valence-electron chi connectivity index (χ2n) is 7.04. The van der Waals surface area contributed by atoms with Crippen LogP contribution in [0, 0.1) is 0 Å². The van der Waals surface area contributed by atoms with Crippen molar-refractivity contribution in [2.45, 2.75) is 6.54 Å². The molecule has 0 spiro atoms. The molecular formula is C22H23ClN4O2. The van der Waals surface area contributed by atoms with Gasteiger partial charge < -0.3 is 14.2 Å². The number of carbonyl (C=O) groups excluding carboxylic acids is 1. The Bertz CT molecular complexity index is 918. The van der Waals surface area contributed by atoms with Gasteiger partial charge in [-0.15, -0.1) is 0 Å². The fourth-order valence-corrected chi connectivity index (χ4v) is 3.49. The summed E-state index contributed by atoms with van der Waals surface area (Å²) < 4.78 is 7.60. The number of hydrogen-bond acceptors (Lipinski definition) is 4. The van der Waals surface area contributed by atoms with Crippen molar-refractivity contribution < 1.29 is 9.53 Å². The van der Waals surface area contributed by atoms with Gasteiger partial charge in [0.25, 0.3) is 5.91 Å². The monoisotopic (exact) mass is 410 g/mol. The molecule has 2 aromatic carbocycles. The van der Waals surface area contributed by atoms with Gasteiger partial charge in [-0.25, -0.2) is 4.98 Å². The minimum absolute atomic E-state index is 0.0230. The van der Waals surface area contributed by atoms with Crippen molar-refractivity contribution in [2.75, 3.05) is 32.8 Å². The fraction of sp³-hybridized carbons (Fsp3) is 0.273. The Balaban J connectivity index is 1.22. The van der Waals surface area contributed by atoms with Crippen molar-refractivity contribution in [3.05, 3.63) is 77.8 Å².